The van der Waals surface area contributed by atoms with Crippen LogP contribution in [-0.2, 0) is 4.74 Å². The number of ether oxygens (including phenoxy) is 1. The van der Waals surface area contributed by atoms with Gasteiger partial charge in [-0.3, -0.25) is 0 Å². The van der Waals surface area contributed by atoms with Gasteiger partial charge in [0.05, 0.1) is 22.8 Å². The van der Waals surface area contributed by atoms with E-state index in [-0.39, 0.29) is 11.6 Å². The average molecular weight is 321 g/mol. The van der Waals surface area contributed by atoms with Gasteiger partial charge in [0.2, 0.25) is 0 Å². The molecule has 2 aromatic rings. The fraction of sp³-hybridized carbons (Fsp3) is 0.529. The van der Waals surface area contributed by atoms with Crippen LogP contribution in [0.2, 0.25) is 0 Å². The van der Waals surface area contributed by atoms with Gasteiger partial charge in [0, 0.05) is 5.39 Å². The predicted octanol–water partition coefficient (Wildman–Crippen LogP) is 4.33. The lowest BCUT2D eigenvalue weighted by atomic mass is 9.94. The van der Waals surface area contributed by atoms with Crippen molar-refractivity contribution in [1.82, 2.24) is 9.97 Å². The first-order chi connectivity index (χ1) is 10.7. The van der Waals surface area contributed by atoms with E-state index in [0.717, 1.165) is 11.8 Å². The number of hydrogen-bond donors (Lipinski definition) is 1. The number of hydrogen-bond acceptors (Lipinski definition) is 4. The molecule has 1 aliphatic rings. The highest BCUT2D eigenvalue weighted by Crippen LogP contribution is 2.39. The maximum Gasteiger partial charge on any atom is 0.297 e. The van der Waals surface area contributed by atoms with Crippen molar-refractivity contribution in [2.45, 2.75) is 57.8 Å². The SMILES string of the molecule is CC1(C)CC(Nc2nc(C(F)F)nc3ccccc23)C(C)(C)O1. The monoisotopic (exact) mass is 321 g/mol. The lowest BCUT2D eigenvalue weighted by molar-refractivity contribution is -0.0662. The number of para-hydroxylation sites is 1. The predicted molar refractivity (Wildman–Crippen MR) is 85.8 cm³/mol. The molecular formula is C17H21F2N3O. The summed E-state index contributed by atoms with van der Waals surface area (Å²) in [5.41, 5.74) is -0.174. The van der Waals surface area contributed by atoms with Crippen LogP contribution in [0.1, 0.15) is 46.4 Å². The molecule has 0 bridgehead atoms. The van der Waals surface area contributed by atoms with Crippen molar-refractivity contribution >= 4 is 16.7 Å². The van der Waals surface area contributed by atoms with Gasteiger partial charge in [0.25, 0.3) is 6.43 Å². The van der Waals surface area contributed by atoms with Crippen molar-refractivity contribution in [1.29, 1.82) is 0 Å². The summed E-state index contributed by atoms with van der Waals surface area (Å²) in [5.74, 6) is -0.0209. The van der Waals surface area contributed by atoms with E-state index in [1.807, 2.05) is 39.8 Å². The molecule has 124 valence electrons. The molecule has 1 aromatic heterocycles. The van der Waals surface area contributed by atoms with Gasteiger partial charge in [0.15, 0.2) is 5.82 Å². The maximum absolute atomic E-state index is 13.1. The molecule has 1 atom stereocenters. The third-order valence-electron chi connectivity index (χ3n) is 4.20. The van der Waals surface area contributed by atoms with Crippen molar-refractivity contribution < 1.29 is 13.5 Å². The molecule has 0 aliphatic carbocycles. The Morgan fingerprint density at radius 1 is 1.17 bits per heavy atom. The van der Waals surface area contributed by atoms with Crippen molar-refractivity contribution in [2.24, 2.45) is 0 Å². The van der Waals surface area contributed by atoms with Crippen molar-refractivity contribution in [3.8, 4) is 0 Å². The molecule has 0 spiro atoms. The van der Waals surface area contributed by atoms with Crippen LogP contribution in [0, 0.1) is 0 Å². The molecule has 2 heterocycles. The van der Waals surface area contributed by atoms with Gasteiger partial charge < -0.3 is 10.1 Å². The Balaban J connectivity index is 2.02. The molecule has 3 rings (SSSR count). The van der Waals surface area contributed by atoms with Gasteiger partial charge >= 0.3 is 0 Å². The molecular weight excluding hydrogens is 300 g/mol. The highest BCUT2D eigenvalue weighted by molar-refractivity contribution is 5.89. The molecule has 0 amide bonds. The van der Waals surface area contributed by atoms with Crippen LogP contribution in [0.15, 0.2) is 24.3 Å². The first-order valence-corrected chi connectivity index (χ1v) is 7.69. The third kappa shape index (κ3) is 3.13. The second kappa shape index (κ2) is 5.37. The minimum absolute atomic E-state index is 0.0265. The summed E-state index contributed by atoms with van der Waals surface area (Å²) in [4.78, 5) is 7.99. The van der Waals surface area contributed by atoms with Crippen molar-refractivity contribution in [2.75, 3.05) is 5.32 Å². The van der Waals surface area contributed by atoms with Gasteiger partial charge in [-0.25, -0.2) is 18.7 Å². The molecule has 1 aliphatic heterocycles. The number of rotatable bonds is 3. The first-order valence-electron chi connectivity index (χ1n) is 7.69. The Hall–Kier alpha value is -1.82. The van der Waals surface area contributed by atoms with Gasteiger partial charge in [0.1, 0.15) is 5.82 Å². The van der Waals surface area contributed by atoms with Crippen LogP contribution in [-0.4, -0.2) is 27.2 Å². The molecule has 0 saturated carbocycles. The Kier molecular flexibility index (Phi) is 3.75. The number of halogens is 2. The maximum atomic E-state index is 13.1. The molecule has 1 saturated heterocycles. The number of aromatic nitrogens is 2. The van der Waals surface area contributed by atoms with Crippen LogP contribution in [0.4, 0.5) is 14.6 Å². The summed E-state index contributed by atoms with van der Waals surface area (Å²) in [6.07, 6.45) is -1.94. The number of benzene rings is 1. The van der Waals surface area contributed by atoms with Crippen molar-refractivity contribution in [3.05, 3.63) is 30.1 Å². The fourth-order valence-electron chi connectivity index (χ4n) is 3.25. The zero-order chi connectivity index (χ0) is 16.8. The Bertz CT molecular complexity index is 731. The Morgan fingerprint density at radius 3 is 2.48 bits per heavy atom. The largest absolute Gasteiger partial charge is 0.367 e. The normalized spacial score (nSPS) is 22.7. The van der Waals surface area contributed by atoms with Crippen LogP contribution in [0.25, 0.3) is 10.9 Å². The fourth-order valence-corrected chi connectivity index (χ4v) is 3.25. The van der Waals surface area contributed by atoms with Crippen LogP contribution >= 0.6 is 0 Å². The molecule has 6 heteroatoms. The van der Waals surface area contributed by atoms with Crippen LogP contribution < -0.4 is 5.32 Å². The molecule has 1 N–H and O–H groups in total. The molecule has 0 radical (unpaired) electrons. The van der Waals surface area contributed by atoms with Gasteiger partial charge in [-0.05, 0) is 46.2 Å². The summed E-state index contributed by atoms with van der Waals surface area (Å²) >= 11 is 0. The summed E-state index contributed by atoms with van der Waals surface area (Å²) in [6.45, 7) is 8.05. The molecule has 1 aromatic carbocycles. The molecule has 4 nitrogen and oxygen atoms in total. The number of nitrogens with one attached hydrogen (secondary N) is 1. The van der Waals surface area contributed by atoms with Gasteiger partial charge in [-0.15, -0.1) is 0 Å². The smallest absolute Gasteiger partial charge is 0.297 e. The standard InChI is InChI=1S/C17H21F2N3O/c1-16(2)9-12(17(3,4)23-16)21-14-10-7-5-6-8-11(10)20-15(22-14)13(18)19/h5-8,12-13H,9H2,1-4H3,(H,20,21,22). The topological polar surface area (TPSA) is 47.0 Å². The van der Waals surface area contributed by atoms with E-state index in [4.69, 9.17) is 4.74 Å². The van der Waals surface area contributed by atoms with Gasteiger partial charge in [-0.1, -0.05) is 12.1 Å². The second-order valence-corrected chi connectivity index (χ2v) is 7.11. The zero-order valence-electron chi connectivity index (χ0n) is 13.7. The lowest BCUT2D eigenvalue weighted by Gasteiger charge is -2.28. The van der Waals surface area contributed by atoms with E-state index in [9.17, 15) is 8.78 Å². The molecule has 1 fully saturated rings. The number of alkyl halides is 2. The number of nitrogens with zero attached hydrogens (tertiary/aromatic N) is 2. The molecule has 23 heavy (non-hydrogen) atoms. The summed E-state index contributed by atoms with van der Waals surface area (Å²) in [7, 11) is 0. The second-order valence-electron chi connectivity index (χ2n) is 7.11. The minimum atomic E-state index is -2.70. The quantitative estimate of drug-likeness (QED) is 0.914. The number of anilines is 1. The summed E-state index contributed by atoms with van der Waals surface area (Å²) < 4.78 is 32.2. The third-order valence-corrected chi connectivity index (χ3v) is 4.20. The van der Waals surface area contributed by atoms with Gasteiger partial charge in [-0.2, -0.15) is 0 Å². The average Bonchev–Trinajstić information content (AvgIpc) is 2.65. The Morgan fingerprint density at radius 2 is 1.87 bits per heavy atom. The zero-order valence-corrected chi connectivity index (χ0v) is 13.7. The highest BCUT2D eigenvalue weighted by Gasteiger charge is 2.46. The van der Waals surface area contributed by atoms with E-state index in [0.29, 0.717) is 11.3 Å². The van der Waals surface area contributed by atoms with E-state index >= 15 is 0 Å². The first kappa shape index (κ1) is 16.1. The summed E-state index contributed by atoms with van der Waals surface area (Å²) in [6, 6.07) is 7.15. The van der Waals surface area contributed by atoms with Crippen LogP contribution in [0.3, 0.4) is 0 Å². The van der Waals surface area contributed by atoms with Crippen molar-refractivity contribution in [3.63, 3.8) is 0 Å². The van der Waals surface area contributed by atoms with E-state index in [1.165, 1.54) is 0 Å². The van der Waals surface area contributed by atoms with E-state index < -0.39 is 17.9 Å². The summed E-state index contributed by atoms with van der Waals surface area (Å²) in [5, 5.41) is 4.05. The number of fused-ring (bicyclic) bond motifs is 1. The van der Waals surface area contributed by atoms with E-state index in [1.54, 1.807) is 12.1 Å². The van der Waals surface area contributed by atoms with Crippen LogP contribution in [0.5, 0.6) is 0 Å². The van der Waals surface area contributed by atoms with E-state index in [2.05, 4.69) is 15.3 Å². The molecule has 1 unspecified atom stereocenters. The minimum Gasteiger partial charge on any atom is -0.367 e. The lowest BCUT2D eigenvalue weighted by Crippen LogP contribution is -2.38. The Labute approximate surface area is 134 Å². The highest BCUT2D eigenvalue weighted by atomic mass is 19.3.